The molecule has 40 heavy (non-hydrogen) atoms. The average Bonchev–Trinajstić information content (AvgIpc) is 2.77. The van der Waals surface area contributed by atoms with E-state index in [2.05, 4.69) is 0 Å². The minimum absolute atomic E-state index is 0.0586. The molecule has 0 saturated heterocycles. The number of hydrogen-bond acceptors (Lipinski definition) is 10. The lowest BCUT2D eigenvalue weighted by molar-refractivity contribution is -0.152. The van der Waals surface area contributed by atoms with Crippen molar-refractivity contribution in [2.24, 2.45) is 16.6 Å². The number of benzene rings is 1. The maximum absolute atomic E-state index is 12.6. The summed E-state index contributed by atoms with van der Waals surface area (Å²) in [5, 5.41) is 0. The largest absolute Gasteiger partial charge is 0.508 e. The number of nitrogens with two attached hydrogens (primary N) is 1. The van der Waals surface area contributed by atoms with Crippen molar-refractivity contribution >= 4 is 24.1 Å². The third-order valence-electron chi connectivity index (χ3n) is 5.31. The van der Waals surface area contributed by atoms with E-state index in [0.29, 0.717) is 12.0 Å². The molecule has 1 aromatic carbocycles. The van der Waals surface area contributed by atoms with Crippen LogP contribution in [0.3, 0.4) is 0 Å². The van der Waals surface area contributed by atoms with Crippen molar-refractivity contribution in [2.45, 2.75) is 113 Å². The van der Waals surface area contributed by atoms with Gasteiger partial charge in [0.25, 0.3) is 0 Å². The van der Waals surface area contributed by atoms with Crippen molar-refractivity contribution in [3.63, 3.8) is 0 Å². The Morgan fingerprint density at radius 2 is 1.38 bits per heavy atom. The Hall–Kier alpha value is -3.14. The predicted molar refractivity (Wildman–Crippen MR) is 150 cm³/mol. The third-order valence-corrected chi connectivity index (χ3v) is 5.31. The van der Waals surface area contributed by atoms with Crippen LogP contribution >= 0.6 is 0 Å². The molecular formula is C30H47NO9. The highest BCUT2D eigenvalue weighted by molar-refractivity contribution is 5.78. The Morgan fingerprint density at radius 3 is 1.90 bits per heavy atom. The maximum Gasteiger partial charge on any atom is 0.508 e. The van der Waals surface area contributed by atoms with Crippen LogP contribution in [0.2, 0.25) is 0 Å². The summed E-state index contributed by atoms with van der Waals surface area (Å²) in [6, 6.07) is 3.61. The number of carbonyl (C=O) groups is 4. The molecule has 226 valence electrons. The van der Waals surface area contributed by atoms with Crippen LogP contribution in [0.1, 0.15) is 93.6 Å². The van der Waals surface area contributed by atoms with Crippen molar-refractivity contribution in [3.8, 4) is 11.5 Å². The van der Waals surface area contributed by atoms with Crippen molar-refractivity contribution in [2.75, 3.05) is 6.61 Å². The van der Waals surface area contributed by atoms with Gasteiger partial charge in [-0.3, -0.25) is 14.4 Å². The second-order valence-corrected chi connectivity index (χ2v) is 12.5. The zero-order valence-corrected chi connectivity index (χ0v) is 25.5. The van der Waals surface area contributed by atoms with E-state index in [1.165, 1.54) is 12.1 Å². The summed E-state index contributed by atoms with van der Waals surface area (Å²) >= 11 is 0. The van der Waals surface area contributed by atoms with Gasteiger partial charge in [0.1, 0.15) is 24.9 Å². The van der Waals surface area contributed by atoms with Gasteiger partial charge in [0.2, 0.25) is 0 Å². The molecule has 10 heteroatoms. The van der Waals surface area contributed by atoms with Crippen molar-refractivity contribution < 1.29 is 42.9 Å². The fourth-order valence-electron chi connectivity index (χ4n) is 3.53. The van der Waals surface area contributed by atoms with Crippen molar-refractivity contribution in [3.05, 3.63) is 23.8 Å². The third kappa shape index (κ3) is 14.9. The normalized spacial score (nSPS) is 13.9. The van der Waals surface area contributed by atoms with E-state index in [1.54, 1.807) is 19.9 Å². The van der Waals surface area contributed by atoms with E-state index in [4.69, 9.17) is 29.4 Å². The molecule has 0 aliphatic carbocycles. The number of rotatable bonds is 13. The monoisotopic (exact) mass is 565 g/mol. The Bertz CT molecular complexity index is 1010. The highest BCUT2D eigenvalue weighted by Gasteiger charge is 2.24. The van der Waals surface area contributed by atoms with Gasteiger partial charge in [-0.05, 0) is 55.2 Å². The first kappa shape index (κ1) is 34.9. The molecule has 1 unspecified atom stereocenters. The van der Waals surface area contributed by atoms with Crippen molar-refractivity contribution in [1.82, 2.24) is 0 Å². The Labute approximate surface area is 238 Å². The van der Waals surface area contributed by atoms with Crippen LogP contribution in [0.15, 0.2) is 18.2 Å². The molecule has 1 rings (SSSR count). The van der Waals surface area contributed by atoms with Gasteiger partial charge >= 0.3 is 24.1 Å². The van der Waals surface area contributed by atoms with E-state index in [1.807, 2.05) is 48.5 Å². The van der Waals surface area contributed by atoms with E-state index in [-0.39, 0.29) is 54.3 Å². The molecule has 0 bridgehead atoms. The molecule has 3 atom stereocenters. The Kier molecular flexibility index (Phi) is 13.6. The molecule has 0 saturated carbocycles. The van der Waals surface area contributed by atoms with Crippen LogP contribution in [0, 0.1) is 10.8 Å². The first-order chi connectivity index (χ1) is 18.4. The first-order valence-corrected chi connectivity index (χ1v) is 13.7. The predicted octanol–water partition coefficient (Wildman–Crippen LogP) is 5.51. The highest BCUT2D eigenvalue weighted by atomic mass is 16.7. The van der Waals surface area contributed by atoms with E-state index in [9.17, 15) is 19.2 Å². The van der Waals surface area contributed by atoms with Gasteiger partial charge in [0, 0.05) is 0 Å². The average molecular weight is 566 g/mol. The molecule has 0 aromatic heterocycles. The van der Waals surface area contributed by atoms with Gasteiger partial charge in [-0.25, -0.2) is 4.79 Å². The van der Waals surface area contributed by atoms with Crippen LogP contribution in [-0.2, 0) is 35.0 Å². The van der Waals surface area contributed by atoms with Gasteiger partial charge in [-0.2, -0.15) is 0 Å². The second-order valence-electron chi connectivity index (χ2n) is 12.5. The zero-order chi connectivity index (χ0) is 30.7. The Balaban J connectivity index is 2.88. The lowest BCUT2D eigenvalue weighted by Crippen LogP contribution is -2.37. The lowest BCUT2D eigenvalue weighted by Gasteiger charge is -2.20. The standard InChI is InChI=1S/C30H47NO9/c1-10-11-19(2)38-28(35)36-18-20(3)37-27(34)22(31)14-21-12-13-23(39-25(32)16-29(4,5)6)24(15-21)40-26(33)17-30(7,8)9/h12-13,15,19-20,22H,10-11,14,16-18,31H2,1-9H3/t19?,20-,22-/m0/s1. The summed E-state index contributed by atoms with van der Waals surface area (Å²) in [5.74, 6) is -1.49. The zero-order valence-electron chi connectivity index (χ0n) is 25.5. The SMILES string of the molecule is CCCC(C)OC(=O)OC[C@H](C)OC(=O)[C@@H](N)Cc1ccc(OC(=O)CC(C)(C)C)c(OC(=O)CC(C)(C)C)c1. The lowest BCUT2D eigenvalue weighted by atomic mass is 9.92. The van der Waals surface area contributed by atoms with Crippen LogP contribution < -0.4 is 15.2 Å². The molecule has 10 nitrogen and oxygen atoms in total. The fraction of sp³-hybridized carbons (Fsp3) is 0.667. The topological polar surface area (TPSA) is 140 Å². The minimum Gasteiger partial charge on any atom is -0.458 e. The smallest absolute Gasteiger partial charge is 0.458 e. The molecule has 1 aromatic rings. The number of carbonyl (C=O) groups excluding carboxylic acids is 4. The van der Waals surface area contributed by atoms with Gasteiger partial charge in [-0.1, -0.05) is 61.0 Å². The van der Waals surface area contributed by atoms with Gasteiger partial charge < -0.3 is 29.4 Å². The molecule has 0 radical (unpaired) electrons. The molecule has 0 amide bonds. The summed E-state index contributed by atoms with van der Waals surface area (Å²) in [6.45, 7) is 16.6. The maximum atomic E-state index is 12.6. The summed E-state index contributed by atoms with van der Waals surface area (Å²) in [7, 11) is 0. The molecule has 2 N–H and O–H groups in total. The van der Waals surface area contributed by atoms with Crippen LogP contribution in [0.4, 0.5) is 4.79 Å². The van der Waals surface area contributed by atoms with Gasteiger partial charge in [0.15, 0.2) is 11.5 Å². The first-order valence-electron chi connectivity index (χ1n) is 13.7. The summed E-state index contributed by atoms with van der Waals surface area (Å²) in [4.78, 5) is 49.3. The Morgan fingerprint density at radius 1 is 0.825 bits per heavy atom. The van der Waals surface area contributed by atoms with Crippen LogP contribution in [0.25, 0.3) is 0 Å². The number of esters is 3. The van der Waals surface area contributed by atoms with Crippen LogP contribution in [-0.4, -0.2) is 48.9 Å². The summed E-state index contributed by atoms with van der Waals surface area (Å²) < 4.78 is 26.5. The van der Waals surface area contributed by atoms with Gasteiger partial charge in [0.05, 0.1) is 12.8 Å². The number of hydrogen-bond donors (Lipinski definition) is 1. The number of ether oxygens (including phenoxy) is 5. The molecule has 0 heterocycles. The summed E-state index contributed by atoms with van der Waals surface area (Å²) in [6.07, 6.45) is 0.106. The molecule has 0 aliphatic heterocycles. The molecule has 0 aliphatic rings. The highest BCUT2D eigenvalue weighted by Crippen LogP contribution is 2.32. The van der Waals surface area contributed by atoms with Crippen molar-refractivity contribution in [1.29, 1.82) is 0 Å². The quantitative estimate of drug-likeness (QED) is 0.240. The minimum atomic E-state index is -1.05. The fourth-order valence-corrected chi connectivity index (χ4v) is 3.53. The molecular weight excluding hydrogens is 518 g/mol. The summed E-state index contributed by atoms with van der Waals surface area (Å²) in [5.41, 5.74) is 6.04. The molecule has 0 spiro atoms. The van der Waals surface area contributed by atoms with E-state index < -0.39 is 36.2 Å². The van der Waals surface area contributed by atoms with Gasteiger partial charge in [-0.15, -0.1) is 0 Å². The van der Waals surface area contributed by atoms with E-state index >= 15 is 0 Å². The molecule has 0 fully saturated rings. The van der Waals surface area contributed by atoms with Crippen LogP contribution in [0.5, 0.6) is 11.5 Å². The van der Waals surface area contributed by atoms with E-state index in [0.717, 1.165) is 6.42 Å². The second kappa shape index (κ2) is 15.6.